The second-order valence-electron chi connectivity index (χ2n) is 6.03. The van der Waals surface area contributed by atoms with Gasteiger partial charge in [0.25, 0.3) is 0 Å². The van der Waals surface area contributed by atoms with Crippen LogP contribution in [0.3, 0.4) is 0 Å². The van der Waals surface area contributed by atoms with Gasteiger partial charge < -0.3 is 9.88 Å². The van der Waals surface area contributed by atoms with Crippen molar-refractivity contribution in [3.8, 4) is 6.07 Å². The van der Waals surface area contributed by atoms with Gasteiger partial charge in [0.2, 0.25) is 5.95 Å². The second-order valence-corrected chi connectivity index (χ2v) is 6.03. The van der Waals surface area contributed by atoms with Crippen LogP contribution in [0.5, 0.6) is 0 Å². The van der Waals surface area contributed by atoms with E-state index >= 15 is 0 Å². The van der Waals surface area contributed by atoms with Gasteiger partial charge in [-0.1, -0.05) is 18.2 Å². The Hall–Kier alpha value is -3.73. The zero-order valence-corrected chi connectivity index (χ0v) is 14.4. The molecule has 0 spiro atoms. The lowest BCUT2D eigenvalue weighted by atomic mass is 10.2. The summed E-state index contributed by atoms with van der Waals surface area (Å²) in [6.45, 7) is 0.919. The van der Waals surface area contributed by atoms with Crippen molar-refractivity contribution in [1.29, 1.82) is 5.26 Å². The van der Waals surface area contributed by atoms with Crippen LogP contribution in [0.4, 0.5) is 16.0 Å². The molecule has 0 bridgehead atoms. The number of nitrogens with zero attached hydrogens (tertiary/aromatic N) is 6. The number of benzene rings is 1. The normalized spacial score (nSPS) is 10.8. The second kappa shape index (κ2) is 7.25. The molecule has 0 saturated heterocycles. The topological polar surface area (TPSA) is 84.4 Å². The van der Waals surface area contributed by atoms with Crippen LogP contribution in [0.25, 0.3) is 11.0 Å². The first kappa shape index (κ1) is 16.7. The quantitative estimate of drug-likeness (QED) is 0.568. The van der Waals surface area contributed by atoms with Crippen LogP contribution < -0.4 is 5.32 Å². The highest BCUT2D eigenvalue weighted by atomic mass is 19.1. The monoisotopic (exact) mass is 361 g/mol. The molecule has 0 atom stereocenters. The van der Waals surface area contributed by atoms with Gasteiger partial charge in [0.15, 0.2) is 0 Å². The lowest BCUT2D eigenvalue weighted by Crippen LogP contribution is -2.03. The van der Waals surface area contributed by atoms with Gasteiger partial charge in [0.1, 0.15) is 11.5 Å². The van der Waals surface area contributed by atoms with Crippen molar-refractivity contribution in [2.45, 2.75) is 19.5 Å². The number of nitriles is 1. The highest BCUT2D eigenvalue weighted by Crippen LogP contribution is 2.19. The molecule has 3 heterocycles. The van der Waals surface area contributed by atoms with Gasteiger partial charge in [0.05, 0.1) is 37.5 Å². The molecule has 4 rings (SSSR count). The van der Waals surface area contributed by atoms with Crippen LogP contribution in [0, 0.1) is 17.1 Å². The van der Waals surface area contributed by atoms with E-state index in [1.54, 1.807) is 35.4 Å². The average Bonchev–Trinajstić information content (AvgIpc) is 3.29. The maximum Gasteiger partial charge on any atom is 0.229 e. The van der Waals surface area contributed by atoms with Crippen molar-refractivity contribution >= 4 is 22.7 Å². The summed E-state index contributed by atoms with van der Waals surface area (Å²) in [5, 5.41) is 16.8. The fourth-order valence-electron chi connectivity index (χ4n) is 2.81. The molecule has 27 heavy (non-hydrogen) atoms. The SMILES string of the molecule is N#CCCn1cc(Nc2ncc3ccn(Cc4ccccc4F)c3n2)cn1. The molecule has 0 aliphatic heterocycles. The molecule has 4 aromatic rings. The minimum Gasteiger partial charge on any atom is -0.328 e. The maximum atomic E-state index is 14.0. The number of rotatable bonds is 6. The van der Waals surface area contributed by atoms with Gasteiger partial charge in [-0.3, -0.25) is 4.68 Å². The van der Waals surface area contributed by atoms with Crippen LogP contribution >= 0.6 is 0 Å². The molecular weight excluding hydrogens is 345 g/mol. The Kier molecular flexibility index (Phi) is 4.49. The smallest absolute Gasteiger partial charge is 0.229 e. The molecule has 3 aromatic heterocycles. The van der Waals surface area contributed by atoms with Gasteiger partial charge >= 0.3 is 0 Å². The molecule has 134 valence electrons. The molecule has 1 aromatic carbocycles. The van der Waals surface area contributed by atoms with E-state index in [0.29, 0.717) is 36.7 Å². The molecule has 0 fully saturated rings. The highest BCUT2D eigenvalue weighted by molar-refractivity contribution is 5.76. The summed E-state index contributed by atoms with van der Waals surface area (Å²) in [6.07, 6.45) is 7.44. The van der Waals surface area contributed by atoms with Crippen molar-refractivity contribution in [2.24, 2.45) is 0 Å². The number of halogens is 1. The standard InChI is InChI=1S/C19H16FN7/c20-17-5-2-1-4-15(17)12-26-9-6-14-10-22-19(25-18(14)26)24-16-11-23-27(13-16)8-3-7-21/h1-2,4-6,9-11,13H,3,8,12H2,(H,22,24,25). The Morgan fingerprint density at radius 1 is 1.19 bits per heavy atom. The number of nitrogens with one attached hydrogen (secondary N) is 1. The number of hydrogen-bond donors (Lipinski definition) is 1. The molecule has 0 radical (unpaired) electrons. The Bertz CT molecular complexity index is 1120. The number of anilines is 2. The summed E-state index contributed by atoms with van der Waals surface area (Å²) >= 11 is 0. The third-order valence-electron chi connectivity index (χ3n) is 4.14. The van der Waals surface area contributed by atoms with Gasteiger partial charge in [-0.05, 0) is 12.1 Å². The van der Waals surface area contributed by atoms with Gasteiger partial charge in [0, 0.05) is 29.5 Å². The molecule has 0 aliphatic carbocycles. The zero-order valence-electron chi connectivity index (χ0n) is 14.4. The minimum absolute atomic E-state index is 0.239. The molecule has 0 unspecified atom stereocenters. The van der Waals surface area contributed by atoms with E-state index in [-0.39, 0.29) is 5.82 Å². The van der Waals surface area contributed by atoms with Crippen LogP contribution in [0.1, 0.15) is 12.0 Å². The highest BCUT2D eigenvalue weighted by Gasteiger charge is 2.09. The fraction of sp³-hybridized carbons (Fsp3) is 0.158. The maximum absolute atomic E-state index is 14.0. The molecule has 0 saturated carbocycles. The number of aryl methyl sites for hydroxylation is 1. The number of fused-ring (bicyclic) bond motifs is 1. The average molecular weight is 361 g/mol. The van der Waals surface area contributed by atoms with Crippen LogP contribution in [0.15, 0.2) is 55.1 Å². The summed E-state index contributed by atoms with van der Waals surface area (Å²) < 4.78 is 17.5. The van der Waals surface area contributed by atoms with E-state index in [2.05, 4.69) is 26.5 Å². The minimum atomic E-state index is -0.239. The zero-order chi connectivity index (χ0) is 18.6. The number of aromatic nitrogens is 5. The Balaban J connectivity index is 1.57. The van der Waals surface area contributed by atoms with Gasteiger partial charge in [-0.2, -0.15) is 15.3 Å². The summed E-state index contributed by atoms with van der Waals surface area (Å²) in [5.41, 5.74) is 2.05. The summed E-state index contributed by atoms with van der Waals surface area (Å²) in [4.78, 5) is 8.87. The van der Waals surface area contributed by atoms with Crippen molar-refractivity contribution < 1.29 is 4.39 Å². The summed E-state index contributed by atoms with van der Waals surface area (Å²) in [6, 6.07) is 10.7. The van der Waals surface area contributed by atoms with Crippen LogP contribution in [-0.4, -0.2) is 24.3 Å². The first-order valence-corrected chi connectivity index (χ1v) is 8.44. The third-order valence-corrected chi connectivity index (χ3v) is 4.14. The largest absolute Gasteiger partial charge is 0.328 e. The summed E-state index contributed by atoms with van der Waals surface area (Å²) in [5.74, 6) is 0.187. The Morgan fingerprint density at radius 2 is 2.07 bits per heavy atom. The molecule has 0 amide bonds. The van der Waals surface area contributed by atoms with E-state index in [9.17, 15) is 4.39 Å². The van der Waals surface area contributed by atoms with Crippen molar-refractivity contribution in [2.75, 3.05) is 5.32 Å². The van der Waals surface area contributed by atoms with Crippen molar-refractivity contribution in [3.63, 3.8) is 0 Å². The van der Waals surface area contributed by atoms with Crippen molar-refractivity contribution in [1.82, 2.24) is 24.3 Å². The first-order chi connectivity index (χ1) is 13.2. The Labute approximate surface area is 154 Å². The van der Waals surface area contributed by atoms with E-state index in [4.69, 9.17) is 5.26 Å². The van der Waals surface area contributed by atoms with E-state index < -0.39 is 0 Å². The van der Waals surface area contributed by atoms with E-state index in [1.165, 1.54) is 6.07 Å². The van der Waals surface area contributed by atoms with Gasteiger partial charge in [-0.25, -0.2) is 9.37 Å². The van der Waals surface area contributed by atoms with Crippen LogP contribution in [-0.2, 0) is 13.1 Å². The van der Waals surface area contributed by atoms with Gasteiger partial charge in [-0.15, -0.1) is 0 Å². The molecule has 8 heteroatoms. The lowest BCUT2D eigenvalue weighted by molar-refractivity contribution is 0.601. The summed E-state index contributed by atoms with van der Waals surface area (Å²) in [7, 11) is 0. The fourth-order valence-corrected chi connectivity index (χ4v) is 2.81. The predicted octanol–water partition coefficient (Wildman–Crippen LogP) is 3.47. The molecule has 7 nitrogen and oxygen atoms in total. The first-order valence-electron chi connectivity index (χ1n) is 8.44. The van der Waals surface area contributed by atoms with Crippen molar-refractivity contribution in [3.05, 3.63) is 66.5 Å². The van der Waals surface area contributed by atoms with Crippen LogP contribution in [0.2, 0.25) is 0 Å². The molecule has 0 aliphatic rings. The lowest BCUT2D eigenvalue weighted by Gasteiger charge is -2.07. The van der Waals surface area contributed by atoms with E-state index in [0.717, 1.165) is 11.1 Å². The van der Waals surface area contributed by atoms with E-state index in [1.807, 2.05) is 22.9 Å². The molecular formula is C19H16FN7. The third kappa shape index (κ3) is 3.62. The molecule has 1 N–H and O–H groups in total. The Morgan fingerprint density at radius 3 is 2.93 bits per heavy atom. The number of hydrogen-bond acceptors (Lipinski definition) is 5. The predicted molar refractivity (Wildman–Crippen MR) is 98.8 cm³/mol.